The first-order chi connectivity index (χ1) is 26.8. The predicted octanol–water partition coefficient (Wildman–Crippen LogP) is 5.75. The fourth-order valence-electron chi connectivity index (χ4n) is 6.18. The number of hydrogen-bond donors (Lipinski definition) is 0. The van der Waals surface area contributed by atoms with E-state index in [-0.39, 0.29) is 5.82 Å². The summed E-state index contributed by atoms with van der Waals surface area (Å²) in [6.07, 6.45) is 8.65. The topological polar surface area (TPSA) is 116 Å². The number of anilines is 2. The average Bonchev–Trinajstić information content (AvgIpc) is 3.91. The van der Waals surface area contributed by atoms with Crippen LogP contribution in [-0.4, -0.2) is 114 Å². The zero-order valence-electron chi connectivity index (χ0n) is 30.7. The van der Waals surface area contributed by atoms with Gasteiger partial charge in [0, 0.05) is 113 Å². The van der Waals surface area contributed by atoms with E-state index in [2.05, 4.69) is 58.3 Å². The lowest BCUT2D eigenvalue weighted by atomic mass is 10.1. The Morgan fingerprint density at radius 2 is 0.982 bits per heavy atom. The van der Waals surface area contributed by atoms with Gasteiger partial charge in [-0.3, -0.25) is 9.80 Å². The maximum Gasteiger partial charge on any atom is 0.205 e. The summed E-state index contributed by atoms with van der Waals surface area (Å²) in [5, 5.41) is 1.85. The SMILES string of the molecule is Cc1ncc(-c2nsc(N3CCN(CCc4ccc(F)c(F)c4)CC3)n2)cn1.Cc1ncc(-c2nsc(N3CCN(CCc4ccc(F)cc4)CC3)n2)cn1. The van der Waals surface area contributed by atoms with Gasteiger partial charge in [-0.1, -0.05) is 18.2 Å². The third kappa shape index (κ3) is 10.4. The summed E-state index contributed by atoms with van der Waals surface area (Å²) >= 11 is 2.81. The van der Waals surface area contributed by atoms with Crippen molar-refractivity contribution in [3.8, 4) is 22.8 Å². The van der Waals surface area contributed by atoms with Crippen LogP contribution in [0.2, 0.25) is 0 Å². The van der Waals surface area contributed by atoms with Crippen LogP contribution in [-0.2, 0) is 12.8 Å². The van der Waals surface area contributed by atoms with Crippen molar-refractivity contribution in [2.45, 2.75) is 26.7 Å². The number of hydrogen-bond acceptors (Lipinski definition) is 14. The molecule has 12 nitrogen and oxygen atoms in total. The zero-order chi connectivity index (χ0) is 38.1. The summed E-state index contributed by atoms with van der Waals surface area (Å²) in [6, 6.07) is 10.9. The minimum atomic E-state index is -0.800. The first-order valence-corrected chi connectivity index (χ1v) is 19.7. The van der Waals surface area contributed by atoms with Gasteiger partial charge in [0.1, 0.15) is 17.5 Å². The van der Waals surface area contributed by atoms with E-state index in [9.17, 15) is 13.2 Å². The van der Waals surface area contributed by atoms with Crippen molar-refractivity contribution < 1.29 is 13.2 Å². The summed E-state index contributed by atoms with van der Waals surface area (Å²) in [6.45, 7) is 12.9. The average molecular weight is 787 g/mol. The summed E-state index contributed by atoms with van der Waals surface area (Å²) in [5.74, 6) is 1.04. The Morgan fingerprint density at radius 3 is 1.44 bits per heavy atom. The van der Waals surface area contributed by atoms with Crippen molar-refractivity contribution in [1.82, 2.24) is 48.5 Å². The molecule has 2 aromatic carbocycles. The number of aryl methyl sites for hydroxylation is 2. The molecule has 0 amide bonds. The van der Waals surface area contributed by atoms with Crippen LogP contribution in [0.4, 0.5) is 23.4 Å². The van der Waals surface area contributed by atoms with E-state index in [0.29, 0.717) is 18.1 Å². The highest BCUT2D eigenvalue weighted by molar-refractivity contribution is 7.10. The Bertz CT molecular complexity index is 2110. The van der Waals surface area contributed by atoms with E-state index in [1.807, 2.05) is 26.0 Å². The van der Waals surface area contributed by atoms with E-state index in [1.165, 1.54) is 52.9 Å². The fourth-order valence-corrected chi connectivity index (χ4v) is 7.66. The van der Waals surface area contributed by atoms with Gasteiger partial charge in [-0.25, -0.2) is 33.1 Å². The van der Waals surface area contributed by atoms with Crippen LogP contribution in [0.3, 0.4) is 0 Å². The molecule has 0 saturated carbocycles. The third-order valence-corrected chi connectivity index (χ3v) is 11.1. The summed E-state index contributed by atoms with van der Waals surface area (Å²) in [5.41, 5.74) is 3.66. The molecule has 8 rings (SSSR count). The van der Waals surface area contributed by atoms with Crippen LogP contribution in [0.25, 0.3) is 22.8 Å². The number of halogens is 3. The second-order valence-corrected chi connectivity index (χ2v) is 14.8. The highest BCUT2D eigenvalue weighted by Gasteiger charge is 2.22. The van der Waals surface area contributed by atoms with E-state index in [0.717, 1.165) is 110 Å². The van der Waals surface area contributed by atoms with Gasteiger partial charge in [-0.15, -0.1) is 0 Å². The van der Waals surface area contributed by atoms with Gasteiger partial charge in [0.2, 0.25) is 10.3 Å². The Labute approximate surface area is 326 Å². The van der Waals surface area contributed by atoms with Crippen LogP contribution >= 0.6 is 23.1 Å². The first kappa shape index (κ1) is 38.3. The Kier molecular flexibility index (Phi) is 12.6. The maximum atomic E-state index is 13.3. The number of aromatic nitrogens is 8. The molecule has 0 N–H and O–H groups in total. The standard InChI is InChI=1S/C19H20F2N6S.C19H21FN6S/c1-13-22-11-15(12-23-13)18-24-19(28-25-18)27-8-6-26(7-9-27)5-4-14-2-3-16(20)17(21)10-14;1-14-21-12-16(13-22-14)18-23-19(27-24-18)26-10-8-25(9-11-26)7-6-15-2-4-17(20)5-3-15/h2-3,10-12H,4-9H2,1H3;2-5,12-13H,6-11H2,1H3. The Morgan fingerprint density at radius 1 is 0.545 bits per heavy atom. The fraction of sp³-hybridized carbons (Fsp3) is 0.368. The molecule has 2 aliphatic rings. The first-order valence-electron chi connectivity index (χ1n) is 18.1. The number of nitrogens with zero attached hydrogens (tertiary/aromatic N) is 12. The van der Waals surface area contributed by atoms with Gasteiger partial charge in [0.15, 0.2) is 23.3 Å². The Hall–Kier alpha value is -4.97. The van der Waals surface area contributed by atoms with Crippen molar-refractivity contribution in [2.24, 2.45) is 0 Å². The molecule has 286 valence electrons. The summed E-state index contributed by atoms with van der Waals surface area (Å²) in [7, 11) is 0. The van der Waals surface area contributed by atoms with Crippen LogP contribution < -0.4 is 9.80 Å². The van der Waals surface area contributed by atoms with Gasteiger partial charge in [0.25, 0.3) is 0 Å². The number of rotatable bonds is 10. The van der Waals surface area contributed by atoms with E-state index < -0.39 is 11.6 Å². The number of benzene rings is 2. The molecule has 0 aliphatic carbocycles. The van der Waals surface area contributed by atoms with Crippen molar-refractivity contribution in [2.75, 3.05) is 75.2 Å². The lowest BCUT2D eigenvalue weighted by Gasteiger charge is -2.34. The van der Waals surface area contributed by atoms with E-state index >= 15 is 0 Å². The third-order valence-electron chi connectivity index (χ3n) is 9.53. The van der Waals surface area contributed by atoms with Crippen molar-refractivity contribution in [3.05, 3.63) is 107 Å². The molecule has 2 saturated heterocycles. The molecular formula is C38H41F3N12S2. The van der Waals surface area contributed by atoms with Gasteiger partial charge in [-0.2, -0.15) is 18.7 Å². The maximum absolute atomic E-state index is 13.3. The van der Waals surface area contributed by atoms with E-state index in [1.54, 1.807) is 30.9 Å². The molecule has 2 fully saturated rings. The lowest BCUT2D eigenvalue weighted by molar-refractivity contribution is 0.261. The molecule has 55 heavy (non-hydrogen) atoms. The van der Waals surface area contributed by atoms with E-state index in [4.69, 9.17) is 0 Å². The molecule has 0 radical (unpaired) electrons. The molecule has 0 spiro atoms. The zero-order valence-corrected chi connectivity index (χ0v) is 32.3. The predicted molar refractivity (Wildman–Crippen MR) is 209 cm³/mol. The van der Waals surface area contributed by atoms with Crippen molar-refractivity contribution >= 4 is 33.3 Å². The highest BCUT2D eigenvalue weighted by Crippen LogP contribution is 2.26. The van der Waals surface area contributed by atoms with Gasteiger partial charge >= 0.3 is 0 Å². The van der Waals surface area contributed by atoms with Crippen molar-refractivity contribution in [3.63, 3.8) is 0 Å². The van der Waals surface area contributed by atoms with Crippen LogP contribution in [0.5, 0.6) is 0 Å². The van der Waals surface area contributed by atoms with Crippen LogP contribution in [0, 0.1) is 31.3 Å². The highest BCUT2D eigenvalue weighted by atomic mass is 32.1. The molecule has 6 heterocycles. The molecule has 4 aromatic heterocycles. The molecule has 0 bridgehead atoms. The van der Waals surface area contributed by atoms with Crippen LogP contribution in [0.15, 0.2) is 67.3 Å². The number of piperazine rings is 2. The van der Waals surface area contributed by atoms with Gasteiger partial charge in [-0.05, 0) is 62.1 Å². The smallest absolute Gasteiger partial charge is 0.205 e. The quantitative estimate of drug-likeness (QED) is 0.168. The molecule has 2 aliphatic heterocycles. The lowest BCUT2D eigenvalue weighted by Crippen LogP contribution is -2.47. The molecule has 0 atom stereocenters. The monoisotopic (exact) mass is 786 g/mol. The summed E-state index contributed by atoms with van der Waals surface area (Å²) in [4.78, 5) is 35.4. The second kappa shape index (κ2) is 18.1. The van der Waals surface area contributed by atoms with Crippen LogP contribution in [0.1, 0.15) is 22.8 Å². The van der Waals surface area contributed by atoms with Gasteiger partial charge in [0.05, 0.1) is 11.1 Å². The molecular weight excluding hydrogens is 746 g/mol. The van der Waals surface area contributed by atoms with Crippen molar-refractivity contribution in [1.29, 1.82) is 0 Å². The molecule has 0 unspecified atom stereocenters. The van der Waals surface area contributed by atoms with Gasteiger partial charge < -0.3 is 9.80 Å². The molecule has 6 aromatic rings. The summed E-state index contributed by atoms with van der Waals surface area (Å²) < 4.78 is 48.2. The normalized spacial score (nSPS) is 15.2. The largest absolute Gasteiger partial charge is 0.344 e. The Balaban J connectivity index is 0.000000169. The minimum Gasteiger partial charge on any atom is -0.344 e. The minimum absolute atomic E-state index is 0.180. The molecule has 17 heteroatoms. The second-order valence-electron chi connectivity index (χ2n) is 13.4.